The van der Waals surface area contributed by atoms with Gasteiger partial charge in [-0.1, -0.05) is 12.5 Å². The molecule has 4 nitrogen and oxygen atoms in total. The summed E-state index contributed by atoms with van der Waals surface area (Å²) in [4.78, 5) is 6.78. The summed E-state index contributed by atoms with van der Waals surface area (Å²) in [5.41, 5.74) is 1.12. The average Bonchev–Trinajstić information content (AvgIpc) is 2.42. The third-order valence-electron chi connectivity index (χ3n) is 3.31. The summed E-state index contributed by atoms with van der Waals surface area (Å²) in [5, 5.41) is 3.13. The van der Waals surface area contributed by atoms with E-state index in [1.807, 2.05) is 13.1 Å². The minimum Gasteiger partial charge on any atom is -0.476 e. The number of nitrogens with one attached hydrogen (secondary N) is 1. The number of hydrogen-bond acceptors (Lipinski definition) is 4. The van der Waals surface area contributed by atoms with E-state index in [-0.39, 0.29) is 0 Å². The summed E-state index contributed by atoms with van der Waals surface area (Å²) in [6, 6.07) is 4.00. The number of hydrogen-bond donors (Lipinski definition) is 1. The van der Waals surface area contributed by atoms with Gasteiger partial charge >= 0.3 is 0 Å². The van der Waals surface area contributed by atoms with Crippen molar-refractivity contribution in [2.75, 3.05) is 33.3 Å². The maximum atomic E-state index is 5.80. The molecule has 18 heavy (non-hydrogen) atoms. The lowest BCUT2D eigenvalue weighted by Gasteiger charge is -2.26. The van der Waals surface area contributed by atoms with Crippen molar-refractivity contribution in [1.82, 2.24) is 15.2 Å². The first kappa shape index (κ1) is 13.3. The SMILES string of the molecule is CNCc1cccnc1OCCN1CCCCC1. The van der Waals surface area contributed by atoms with Crippen LogP contribution in [0.2, 0.25) is 0 Å². The highest BCUT2D eigenvalue weighted by atomic mass is 16.5. The van der Waals surface area contributed by atoms with E-state index >= 15 is 0 Å². The Morgan fingerprint density at radius 2 is 2.17 bits per heavy atom. The van der Waals surface area contributed by atoms with E-state index in [1.54, 1.807) is 6.20 Å². The van der Waals surface area contributed by atoms with Crippen LogP contribution in [0.5, 0.6) is 5.88 Å². The second-order valence-electron chi connectivity index (χ2n) is 4.75. The molecule has 0 aliphatic carbocycles. The van der Waals surface area contributed by atoms with E-state index in [0.717, 1.165) is 31.1 Å². The first-order valence-electron chi connectivity index (χ1n) is 6.84. The molecule has 2 rings (SSSR count). The van der Waals surface area contributed by atoms with Crippen LogP contribution in [0.15, 0.2) is 18.3 Å². The van der Waals surface area contributed by atoms with E-state index in [9.17, 15) is 0 Å². The van der Waals surface area contributed by atoms with Gasteiger partial charge < -0.3 is 10.1 Å². The van der Waals surface area contributed by atoms with E-state index in [0.29, 0.717) is 0 Å². The van der Waals surface area contributed by atoms with Crippen LogP contribution in [0.1, 0.15) is 24.8 Å². The van der Waals surface area contributed by atoms with Crippen LogP contribution in [0.25, 0.3) is 0 Å². The molecule has 0 amide bonds. The Morgan fingerprint density at radius 1 is 1.33 bits per heavy atom. The van der Waals surface area contributed by atoms with Crippen molar-refractivity contribution >= 4 is 0 Å². The lowest BCUT2D eigenvalue weighted by molar-refractivity contribution is 0.179. The zero-order valence-corrected chi connectivity index (χ0v) is 11.2. The van der Waals surface area contributed by atoms with E-state index in [1.165, 1.54) is 32.4 Å². The lowest BCUT2D eigenvalue weighted by Crippen LogP contribution is -2.33. The monoisotopic (exact) mass is 249 g/mol. The Kier molecular flexibility index (Phi) is 5.42. The normalized spacial score (nSPS) is 16.7. The minimum atomic E-state index is 0.730. The van der Waals surface area contributed by atoms with Gasteiger partial charge in [-0.2, -0.15) is 0 Å². The van der Waals surface area contributed by atoms with Crippen molar-refractivity contribution in [1.29, 1.82) is 0 Å². The molecule has 0 bridgehead atoms. The number of piperidine rings is 1. The Bertz CT molecular complexity index is 351. The van der Waals surface area contributed by atoms with Gasteiger partial charge in [-0.25, -0.2) is 4.98 Å². The number of pyridine rings is 1. The maximum absolute atomic E-state index is 5.80. The molecule has 1 aromatic heterocycles. The van der Waals surface area contributed by atoms with Crippen molar-refractivity contribution in [3.8, 4) is 5.88 Å². The molecule has 1 aliphatic rings. The molecular formula is C14H23N3O. The van der Waals surface area contributed by atoms with Crippen LogP contribution in [0.4, 0.5) is 0 Å². The third kappa shape index (κ3) is 3.96. The zero-order chi connectivity index (χ0) is 12.6. The molecule has 1 saturated heterocycles. The van der Waals surface area contributed by atoms with Gasteiger partial charge in [0.05, 0.1) is 0 Å². The van der Waals surface area contributed by atoms with Gasteiger partial charge in [0.1, 0.15) is 6.61 Å². The second-order valence-corrected chi connectivity index (χ2v) is 4.75. The van der Waals surface area contributed by atoms with Crippen molar-refractivity contribution in [3.63, 3.8) is 0 Å². The standard InChI is InChI=1S/C14H23N3O/c1-15-12-13-6-5-7-16-14(13)18-11-10-17-8-3-2-4-9-17/h5-7,15H,2-4,8-12H2,1H3. The van der Waals surface area contributed by atoms with Gasteiger partial charge in [-0.15, -0.1) is 0 Å². The molecule has 0 saturated carbocycles. The molecule has 1 fully saturated rings. The predicted octanol–water partition coefficient (Wildman–Crippen LogP) is 1.67. The smallest absolute Gasteiger partial charge is 0.217 e. The third-order valence-corrected chi connectivity index (χ3v) is 3.31. The number of likely N-dealkylation sites (tertiary alicyclic amines) is 1. The van der Waals surface area contributed by atoms with Gasteiger partial charge in [-0.05, 0) is 39.0 Å². The van der Waals surface area contributed by atoms with Crippen molar-refractivity contribution in [2.45, 2.75) is 25.8 Å². The van der Waals surface area contributed by atoms with Gasteiger partial charge in [-0.3, -0.25) is 4.90 Å². The molecule has 0 unspecified atom stereocenters. The van der Waals surface area contributed by atoms with Crippen molar-refractivity contribution < 1.29 is 4.74 Å². The summed E-state index contributed by atoms with van der Waals surface area (Å²) < 4.78 is 5.80. The average molecular weight is 249 g/mol. The van der Waals surface area contributed by atoms with Gasteiger partial charge in [0, 0.05) is 24.8 Å². The first-order valence-corrected chi connectivity index (χ1v) is 6.84. The van der Waals surface area contributed by atoms with Crippen LogP contribution in [0, 0.1) is 0 Å². The van der Waals surface area contributed by atoms with Crippen LogP contribution < -0.4 is 10.1 Å². The Labute approximate surface area is 109 Å². The van der Waals surface area contributed by atoms with Crippen molar-refractivity contribution in [2.24, 2.45) is 0 Å². The fourth-order valence-corrected chi connectivity index (χ4v) is 2.33. The summed E-state index contributed by atoms with van der Waals surface area (Å²) >= 11 is 0. The van der Waals surface area contributed by atoms with Crippen LogP contribution >= 0.6 is 0 Å². The predicted molar refractivity (Wildman–Crippen MR) is 72.8 cm³/mol. The fourth-order valence-electron chi connectivity index (χ4n) is 2.33. The minimum absolute atomic E-state index is 0.730. The topological polar surface area (TPSA) is 37.4 Å². The molecule has 100 valence electrons. The quantitative estimate of drug-likeness (QED) is 0.832. The molecule has 1 aliphatic heterocycles. The molecule has 4 heteroatoms. The second kappa shape index (κ2) is 7.34. The summed E-state index contributed by atoms with van der Waals surface area (Å²) in [7, 11) is 1.94. The Hall–Kier alpha value is -1.13. The first-order chi connectivity index (χ1) is 8.90. The van der Waals surface area contributed by atoms with E-state index in [2.05, 4.69) is 21.3 Å². The number of nitrogens with zero attached hydrogens (tertiary/aromatic N) is 2. The molecule has 0 radical (unpaired) electrons. The maximum Gasteiger partial charge on any atom is 0.217 e. The lowest BCUT2D eigenvalue weighted by atomic mass is 10.1. The summed E-state index contributed by atoms with van der Waals surface area (Å²) in [5.74, 6) is 0.767. The van der Waals surface area contributed by atoms with Crippen LogP contribution in [-0.4, -0.2) is 43.2 Å². The molecule has 0 spiro atoms. The van der Waals surface area contributed by atoms with Gasteiger partial charge in [0.2, 0.25) is 5.88 Å². The van der Waals surface area contributed by atoms with Crippen LogP contribution in [-0.2, 0) is 6.54 Å². The van der Waals surface area contributed by atoms with E-state index in [4.69, 9.17) is 4.74 Å². The van der Waals surface area contributed by atoms with Crippen molar-refractivity contribution in [3.05, 3.63) is 23.9 Å². The molecule has 1 aromatic rings. The molecule has 2 heterocycles. The summed E-state index contributed by atoms with van der Waals surface area (Å²) in [6.45, 7) is 4.97. The fraction of sp³-hybridized carbons (Fsp3) is 0.643. The Morgan fingerprint density at radius 3 is 2.94 bits per heavy atom. The number of rotatable bonds is 6. The highest BCUT2D eigenvalue weighted by Gasteiger charge is 2.10. The van der Waals surface area contributed by atoms with Gasteiger partial charge in [0.15, 0.2) is 0 Å². The van der Waals surface area contributed by atoms with E-state index < -0.39 is 0 Å². The van der Waals surface area contributed by atoms with Gasteiger partial charge in [0.25, 0.3) is 0 Å². The molecule has 0 atom stereocenters. The largest absolute Gasteiger partial charge is 0.476 e. The molecule has 1 N–H and O–H groups in total. The number of aromatic nitrogens is 1. The Balaban J connectivity index is 1.78. The highest BCUT2D eigenvalue weighted by Crippen LogP contribution is 2.14. The summed E-state index contributed by atoms with van der Waals surface area (Å²) in [6.07, 6.45) is 5.82. The number of ether oxygens (including phenoxy) is 1. The molecular weight excluding hydrogens is 226 g/mol. The zero-order valence-electron chi connectivity index (χ0n) is 11.2. The molecule has 0 aromatic carbocycles. The van der Waals surface area contributed by atoms with Crippen LogP contribution in [0.3, 0.4) is 0 Å². The highest BCUT2D eigenvalue weighted by molar-refractivity contribution is 5.25.